The molecule has 0 saturated carbocycles. The molecule has 1 aliphatic heterocycles. The molecule has 0 aliphatic carbocycles. The Kier molecular flexibility index (Phi) is 2.65. The first-order chi connectivity index (χ1) is 8.56. The van der Waals surface area contributed by atoms with Crippen molar-refractivity contribution in [2.24, 2.45) is 0 Å². The van der Waals surface area contributed by atoms with Crippen molar-refractivity contribution in [1.82, 2.24) is 0 Å². The first kappa shape index (κ1) is 12.0. The third-order valence-corrected chi connectivity index (χ3v) is 7.14. The Morgan fingerprint density at radius 3 is 2.39 bits per heavy atom. The number of halogens is 1. The number of fused-ring (bicyclic) bond motifs is 3. The van der Waals surface area contributed by atoms with E-state index < -0.39 is 7.14 Å². The molecule has 0 bridgehead atoms. The Morgan fingerprint density at radius 1 is 1.11 bits per heavy atom. The van der Waals surface area contributed by atoms with Gasteiger partial charge in [-0.25, -0.2) is 0 Å². The van der Waals surface area contributed by atoms with E-state index in [1.54, 1.807) is 12.1 Å². The van der Waals surface area contributed by atoms with E-state index in [-0.39, 0.29) is 5.75 Å². The monoisotopic (exact) mass is 322 g/mol. The zero-order valence-electron chi connectivity index (χ0n) is 9.85. The smallest absolute Gasteiger partial charge is 0.144 e. The van der Waals surface area contributed by atoms with Crippen molar-refractivity contribution in [2.45, 2.75) is 6.92 Å². The van der Waals surface area contributed by atoms with Crippen LogP contribution >= 0.6 is 23.1 Å². The third-order valence-electron chi connectivity index (χ3n) is 3.45. The quantitative estimate of drug-likeness (QED) is 0.816. The predicted molar refractivity (Wildman–Crippen MR) is 78.7 cm³/mol. The molecule has 92 valence electrons. The van der Waals surface area contributed by atoms with Crippen molar-refractivity contribution < 1.29 is 9.67 Å². The fourth-order valence-corrected chi connectivity index (χ4v) is 5.88. The molecule has 2 nitrogen and oxygen atoms in total. The first-order valence-electron chi connectivity index (χ1n) is 5.79. The second kappa shape index (κ2) is 3.97. The van der Waals surface area contributed by atoms with Crippen LogP contribution in [0.2, 0.25) is 0 Å². The molecule has 1 heterocycles. The standard InChI is InChI=1S/C14H12BrO2P/c1-2-18(17)13-7-9(15)3-5-11(13)12-6-4-10(16)8-14(12)18/h3-8,16H,2H2,1H3. The third kappa shape index (κ3) is 1.51. The molecule has 0 aromatic heterocycles. The molecule has 1 N–H and O–H groups in total. The van der Waals surface area contributed by atoms with Crippen molar-refractivity contribution in [1.29, 1.82) is 0 Å². The maximum Gasteiger partial charge on any atom is 0.144 e. The maximum absolute atomic E-state index is 13.2. The van der Waals surface area contributed by atoms with E-state index in [4.69, 9.17) is 0 Å². The average Bonchev–Trinajstić information content (AvgIpc) is 2.60. The summed E-state index contributed by atoms with van der Waals surface area (Å²) in [4.78, 5) is 0. The highest BCUT2D eigenvalue weighted by molar-refractivity contribution is 9.10. The van der Waals surface area contributed by atoms with Crippen LogP contribution in [0.15, 0.2) is 40.9 Å². The number of aromatic hydroxyl groups is 1. The average molecular weight is 323 g/mol. The lowest BCUT2D eigenvalue weighted by molar-refractivity contribution is 0.476. The number of rotatable bonds is 1. The molecule has 1 aliphatic rings. The largest absolute Gasteiger partial charge is 0.508 e. The fourth-order valence-electron chi connectivity index (χ4n) is 2.55. The number of phenols is 1. The molecule has 0 saturated heterocycles. The van der Waals surface area contributed by atoms with Crippen molar-refractivity contribution in [3.63, 3.8) is 0 Å². The van der Waals surface area contributed by atoms with Crippen molar-refractivity contribution >= 4 is 33.7 Å². The maximum atomic E-state index is 13.2. The van der Waals surface area contributed by atoms with Crippen LogP contribution in [0.3, 0.4) is 0 Å². The van der Waals surface area contributed by atoms with Gasteiger partial charge in [-0.15, -0.1) is 0 Å². The van der Waals surface area contributed by atoms with E-state index in [1.807, 2.05) is 31.2 Å². The van der Waals surface area contributed by atoms with Gasteiger partial charge in [0.15, 0.2) is 0 Å². The number of hydrogen-bond acceptors (Lipinski definition) is 2. The fraction of sp³-hybridized carbons (Fsp3) is 0.143. The van der Waals surface area contributed by atoms with E-state index >= 15 is 0 Å². The Morgan fingerprint density at radius 2 is 1.72 bits per heavy atom. The van der Waals surface area contributed by atoms with Gasteiger partial charge in [-0.3, -0.25) is 0 Å². The highest BCUT2D eigenvalue weighted by Gasteiger charge is 2.37. The summed E-state index contributed by atoms with van der Waals surface area (Å²) < 4.78 is 14.1. The molecule has 2 aromatic rings. The lowest BCUT2D eigenvalue weighted by Crippen LogP contribution is -2.11. The van der Waals surface area contributed by atoms with Gasteiger partial charge in [-0.2, -0.15) is 0 Å². The van der Waals surface area contributed by atoms with Crippen LogP contribution in [-0.4, -0.2) is 11.3 Å². The Labute approximate surface area is 114 Å². The normalized spacial score (nSPS) is 20.6. The zero-order valence-corrected chi connectivity index (χ0v) is 12.3. The first-order valence-corrected chi connectivity index (χ1v) is 8.48. The molecule has 0 fully saturated rings. The summed E-state index contributed by atoms with van der Waals surface area (Å²) in [7, 11) is -2.57. The van der Waals surface area contributed by atoms with E-state index in [1.165, 1.54) is 0 Å². The van der Waals surface area contributed by atoms with Gasteiger partial charge in [0.25, 0.3) is 0 Å². The van der Waals surface area contributed by atoms with Gasteiger partial charge in [0.2, 0.25) is 0 Å². The van der Waals surface area contributed by atoms with Crippen LogP contribution in [0.5, 0.6) is 5.75 Å². The molecule has 0 amide bonds. The molecule has 4 heteroatoms. The minimum atomic E-state index is -2.57. The van der Waals surface area contributed by atoms with Crippen molar-refractivity contribution in [3.8, 4) is 16.9 Å². The van der Waals surface area contributed by atoms with Crippen LogP contribution in [0.25, 0.3) is 11.1 Å². The minimum Gasteiger partial charge on any atom is -0.508 e. The van der Waals surface area contributed by atoms with Crippen LogP contribution < -0.4 is 10.6 Å². The van der Waals surface area contributed by atoms with E-state index in [0.29, 0.717) is 6.16 Å². The van der Waals surface area contributed by atoms with E-state index in [9.17, 15) is 9.67 Å². The van der Waals surface area contributed by atoms with E-state index in [0.717, 1.165) is 26.2 Å². The number of benzene rings is 2. The van der Waals surface area contributed by atoms with Crippen LogP contribution in [-0.2, 0) is 4.57 Å². The molecule has 18 heavy (non-hydrogen) atoms. The van der Waals surface area contributed by atoms with Gasteiger partial charge in [0, 0.05) is 21.2 Å². The lowest BCUT2D eigenvalue weighted by Gasteiger charge is -2.12. The minimum absolute atomic E-state index is 0.175. The van der Waals surface area contributed by atoms with Gasteiger partial charge in [0.05, 0.1) is 0 Å². The highest BCUT2D eigenvalue weighted by Crippen LogP contribution is 2.53. The predicted octanol–water partition coefficient (Wildman–Crippen LogP) is 3.47. The zero-order chi connectivity index (χ0) is 12.9. The van der Waals surface area contributed by atoms with Gasteiger partial charge in [0.1, 0.15) is 12.9 Å². The molecule has 2 aromatic carbocycles. The highest BCUT2D eigenvalue weighted by atomic mass is 79.9. The molecular weight excluding hydrogens is 311 g/mol. The SMILES string of the molecule is CCP1(=O)c2cc(O)ccc2-c2ccc(Br)cc21. The summed E-state index contributed by atoms with van der Waals surface area (Å²) in [5.74, 6) is 0.175. The van der Waals surface area contributed by atoms with Crippen molar-refractivity contribution in [2.75, 3.05) is 6.16 Å². The summed E-state index contributed by atoms with van der Waals surface area (Å²) in [6.45, 7) is 1.94. The van der Waals surface area contributed by atoms with Gasteiger partial charge < -0.3 is 9.67 Å². The topological polar surface area (TPSA) is 37.3 Å². The van der Waals surface area contributed by atoms with Gasteiger partial charge in [-0.05, 0) is 41.5 Å². The molecule has 1 atom stereocenters. The molecular formula is C14H12BrO2P. The summed E-state index contributed by atoms with van der Waals surface area (Å²) in [5, 5.41) is 11.3. The molecule has 0 radical (unpaired) electrons. The summed E-state index contributed by atoms with van der Waals surface area (Å²) in [5.41, 5.74) is 2.01. The molecule has 1 unspecified atom stereocenters. The lowest BCUT2D eigenvalue weighted by atomic mass is 10.1. The van der Waals surface area contributed by atoms with Gasteiger partial charge >= 0.3 is 0 Å². The van der Waals surface area contributed by atoms with Crippen LogP contribution in [0, 0.1) is 0 Å². The number of phenolic OH excluding ortho intramolecular Hbond substituents is 1. The second-order valence-electron chi connectivity index (χ2n) is 4.42. The van der Waals surface area contributed by atoms with Crippen molar-refractivity contribution in [3.05, 3.63) is 40.9 Å². The second-order valence-corrected chi connectivity index (χ2v) is 8.41. The number of hydrogen-bond donors (Lipinski definition) is 1. The Bertz CT molecular complexity index is 639. The summed E-state index contributed by atoms with van der Waals surface area (Å²) in [6.07, 6.45) is 0.576. The van der Waals surface area contributed by atoms with Crippen LogP contribution in [0.4, 0.5) is 0 Å². The van der Waals surface area contributed by atoms with Crippen LogP contribution in [0.1, 0.15) is 6.92 Å². The summed E-state index contributed by atoms with van der Waals surface area (Å²) in [6, 6.07) is 11.0. The Balaban J connectivity index is 2.41. The summed E-state index contributed by atoms with van der Waals surface area (Å²) >= 11 is 3.43. The van der Waals surface area contributed by atoms with E-state index in [2.05, 4.69) is 15.9 Å². The molecule has 0 spiro atoms. The Hall–Kier alpha value is -1.05. The van der Waals surface area contributed by atoms with Gasteiger partial charge in [-0.1, -0.05) is 28.9 Å². The molecule has 3 rings (SSSR count).